The molecule has 11 nitrogen and oxygen atoms in total. The van der Waals surface area contributed by atoms with Crippen LogP contribution in [0, 0.1) is 5.92 Å². The van der Waals surface area contributed by atoms with E-state index in [0.29, 0.717) is 25.1 Å². The Morgan fingerprint density at radius 2 is 1.93 bits per heavy atom. The quantitative estimate of drug-likeness (QED) is 0.278. The first-order valence-electron chi connectivity index (χ1n) is 14.1. The van der Waals surface area contributed by atoms with Crippen molar-refractivity contribution in [1.29, 1.82) is 0 Å². The highest BCUT2D eigenvalue weighted by Crippen LogP contribution is 2.26. The van der Waals surface area contributed by atoms with Crippen LogP contribution in [0.2, 0.25) is 0 Å². The van der Waals surface area contributed by atoms with Gasteiger partial charge in [0.2, 0.25) is 0 Å². The molecule has 4 aromatic heterocycles. The number of nitrogens with one attached hydrogen (secondary N) is 1. The molecule has 7 rings (SSSR count). The number of likely N-dealkylation sites (tertiary alicyclic amines) is 1. The van der Waals surface area contributed by atoms with Crippen LogP contribution in [0.15, 0.2) is 67.4 Å². The van der Waals surface area contributed by atoms with Crippen LogP contribution in [0.1, 0.15) is 18.4 Å². The van der Waals surface area contributed by atoms with E-state index in [1.165, 1.54) is 13.0 Å². The molecule has 1 atom stereocenters. The Balaban J connectivity index is 0.955. The van der Waals surface area contributed by atoms with Gasteiger partial charge >= 0.3 is 0 Å². The Bertz CT molecular complexity index is 1630. The van der Waals surface area contributed by atoms with Gasteiger partial charge in [0.1, 0.15) is 29.2 Å². The van der Waals surface area contributed by atoms with Crippen LogP contribution in [0.4, 0.5) is 5.82 Å². The molecule has 0 saturated carbocycles. The lowest BCUT2D eigenvalue weighted by Gasteiger charge is -2.34. The summed E-state index contributed by atoms with van der Waals surface area (Å²) in [6.45, 7) is 5.48. The van der Waals surface area contributed by atoms with E-state index in [1.54, 1.807) is 17.3 Å². The third-order valence-corrected chi connectivity index (χ3v) is 7.99. The molecule has 1 unspecified atom stereocenters. The summed E-state index contributed by atoms with van der Waals surface area (Å²) in [5.74, 6) is 2.28. The monoisotopic (exact) mass is 551 g/mol. The topological polar surface area (TPSA) is 108 Å². The maximum atomic E-state index is 6.11. The van der Waals surface area contributed by atoms with Crippen LogP contribution < -0.4 is 10.1 Å². The lowest BCUT2D eigenvalue weighted by molar-refractivity contribution is -0.0582. The van der Waals surface area contributed by atoms with Gasteiger partial charge in [-0.05, 0) is 36.9 Å². The molecule has 5 aromatic rings. The number of anilines is 1. The van der Waals surface area contributed by atoms with Gasteiger partial charge in [-0.2, -0.15) is 15.0 Å². The summed E-state index contributed by atoms with van der Waals surface area (Å²) in [5.41, 5.74) is 5.55. The SMILES string of the molecule is Cn1ncc(-c2ccc(CNc3cc(-c4cnc5cc(OCCC6CCN(C7COC7)C6)ccn45)ncn3)cc2)n1. The Hall–Kier alpha value is -4.35. The van der Waals surface area contributed by atoms with E-state index in [2.05, 4.69) is 59.6 Å². The van der Waals surface area contributed by atoms with Gasteiger partial charge in [-0.25, -0.2) is 15.0 Å². The van der Waals surface area contributed by atoms with Gasteiger partial charge in [-0.15, -0.1) is 0 Å². The lowest BCUT2D eigenvalue weighted by atomic mass is 10.1. The van der Waals surface area contributed by atoms with E-state index in [1.807, 2.05) is 42.0 Å². The smallest absolute Gasteiger partial charge is 0.140 e. The fourth-order valence-electron chi connectivity index (χ4n) is 5.51. The van der Waals surface area contributed by atoms with Gasteiger partial charge < -0.3 is 14.8 Å². The zero-order chi connectivity index (χ0) is 27.6. The Labute approximate surface area is 238 Å². The molecule has 1 aromatic carbocycles. The second kappa shape index (κ2) is 11.3. The van der Waals surface area contributed by atoms with Gasteiger partial charge in [-0.1, -0.05) is 24.3 Å². The zero-order valence-electron chi connectivity index (χ0n) is 23.1. The van der Waals surface area contributed by atoms with Crippen LogP contribution in [0.3, 0.4) is 0 Å². The van der Waals surface area contributed by atoms with Gasteiger partial charge in [0.25, 0.3) is 0 Å². The second-order valence-electron chi connectivity index (χ2n) is 10.8. The predicted octanol–water partition coefficient (Wildman–Crippen LogP) is 3.69. The van der Waals surface area contributed by atoms with Gasteiger partial charge in [-0.3, -0.25) is 9.30 Å². The standard InChI is InChI=1S/C30H33N9O2/c1-37-35-15-27(36-37)23-4-2-21(3-5-23)14-31-29-13-26(33-20-34-29)28-16-32-30-12-25(7-10-39(28)30)41-11-8-22-6-9-38(17-22)24-18-40-19-24/h2-5,7,10,12-13,15-16,20,22,24H,6,8-9,11,14,17-19H2,1H3,(H,31,33,34). The number of nitrogens with zero attached hydrogens (tertiary/aromatic N) is 8. The largest absolute Gasteiger partial charge is 0.493 e. The van der Waals surface area contributed by atoms with Crippen molar-refractivity contribution in [2.45, 2.75) is 25.4 Å². The normalized spacial score (nSPS) is 17.6. The van der Waals surface area contributed by atoms with E-state index < -0.39 is 0 Å². The minimum Gasteiger partial charge on any atom is -0.493 e. The summed E-state index contributed by atoms with van der Waals surface area (Å²) in [6, 6.07) is 14.8. The summed E-state index contributed by atoms with van der Waals surface area (Å²) in [4.78, 5) is 17.7. The van der Waals surface area contributed by atoms with Crippen molar-refractivity contribution in [2.75, 3.05) is 38.2 Å². The van der Waals surface area contributed by atoms with Crippen LogP contribution in [-0.2, 0) is 18.3 Å². The average Bonchev–Trinajstić information content (AvgIpc) is 3.72. The zero-order valence-corrected chi connectivity index (χ0v) is 23.1. The van der Waals surface area contributed by atoms with E-state index in [0.717, 1.165) is 71.6 Å². The molecular formula is C30H33N9O2. The highest BCUT2D eigenvalue weighted by Gasteiger charge is 2.32. The molecule has 2 aliphatic heterocycles. The molecule has 210 valence electrons. The third kappa shape index (κ3) is 5.63. The first-order chi connectivity index (χ1) is 20.2. The van der Waals surface area contributed by atoms with Crippen LogP contribution in [-0.4, -0.2) is 78.2 Å². The Kier molecular flexibility index (Phi) is 7.03. The minimum atomic E-state index is 0.633. The first kappa shape index (κ1) is 25.6. The maximum absolute atomic E-state index is 6.11. The first-order valence-corrected chi connectivity index (χ1v) is 14.1. The fourth-order valence-corrected chi connectivity index (χ4v) is 5.51. The summed E-state index contributed by atoms with van der Waals surface area (Å²) in [6.07, 6.45) is 9.49. The van der Waals surface area contributed by atoms with E-state index in [-0.39, 0.29) is 0 Å². The molecule has 6 heterocycles. The highest BCUT2D eigenvalue weighted by molar-refractivity contribution is 5.63. The second-order valence-corrected chi connectivity index (χ2v) is 10.8. The number of hydrogen-bond donors (Lipinski definition) is 1. The third-order valence-electron chi connectivity index (χ3n) is 7.99. The fraction of sp³-hybridized carbons (Fsp3) is 0.367. The molecule has 0 aliphatic carbocycles. The molecule has 1 N–H and O–H groups in total. The number of ether oxygens (including phenoxy) is 2. The molecule has 0 spiro atoms. The number of imidazole rings is 1. The number of hydrogen-bond acceptors (Lipinski definition) is 9. The molecule has 2 aliphatic rings. The van der Waals surface area contributed by atoms with Crippen molar-refractivity contribution in [2.24, 2.45) is 13.0 Å². The lowest BCUT2D eigenvalue weighted by Crippen LogP contribution is -2.47. The van der Waals surface area contributed by atoms with Gasteiger partial charge in [0.15, 0.2) is 0 Å². The van der Waals surface area contributed by atoms with Crippen LogP contribution in [0.25, 0.3) is 28.3 Å². The number of fused-ring (bicyclic) bond motifs is 1. The van der Waals surface area contributed by atoms with Crippen LogP contribution in [0.5, 0.6) is 5.75 Å². The number of aryl methyl sites for hydroxylation is 1. The number of pyridine rings is 1. The number of benzene rings is 1. The molecule has 0 bridgehead atoms. The van der Waals surface area contributed by atoms with Crippen molar-refractivity contribution in [3.63, 3.8) is 0 Å². The summed E-state index contributed by atoms with van der Waals surface area (Å²) >= 11 is 0. The number of rotatable bonds is 10. The summed E-state index contributed by atoms with van der Waals surface area (Å²) in [5, 5.41) is 11.9. The van der Waals surface area contributed by atoms with E-state index in [4.69, 9.17) is 9.47 Å². The van der Waals surface area contributed by atoms with Crippen molar-refractivity contribution < 1.29 is 9.47 Å². The molecule has 2 saturated heterocycles. The van der Waals surface area contributed by atoms with Gasteiger partial charge in [0, 0.05) is 44.0 Å². The predicted molar refractivity (Wildman–Crippen MR) is 154 cm³/mol. The van der Waals surface area contributed by atoms with Crippen LogP contribution >= 0.6 is 0 Å². The molecule has 41 heavy (non-hydrogen) atoms. The molecular weight excluding hydrogens is 518 g/mol. The minimum absolute atomic E-state index is 0.633. The Morgan fingerprint density at radius 3 is 2.73 bits per heavy atom. The van der Waals surface area contributed by atoms with Crippen molar-refractivity contribution in [3.05, 3.63) is 72.9 Å². The van der Waals surface area contributed by atoms with Crippen molar-refractivity contribution in [3.8, 4) is 28.4 Å². The van der Waals surface area contributed by atoms with E-state index >= 15 is 0 Å². The summed E-state index contributed by atoms with van der Waals surface area (Å²) in [7, 11) is 1.81. The molecule has 0 amide bonds. The van der Waals surface area contributed by atoms with E-state index in [9.17, 15) is 0 Å². The summed E-state index contributed by atoms with van der Waals surface area (Å²) < 4.78 is 13.5. The van der Waals surface area contributed by atoms with Crippen molar-refractivity contribution >= 4 is 11.5 Å². The Morgan fingerprint density at radius 1 is 1.02 bits per heavy atom. The molecule has 11 heteroatoms. The average molecular weight is 552 g/mol. The maximum Gasteiger partial charge on any atom is 0.140 e. The molecule has 0 radical (unpaired) electrons. The van der Waals surface area contributed by atoms with Gasteiger partial charge in [0.05, 0.1) is 49.6 Å². The highest BCUT2D eigenvalue weighted by atomic mass is 16.5. The number of aromatic nitrogens is 7. The van der Waals surface area contributed by atoms with Crippen molar-refractivity contribution in [1.82, 2.24) is 39.2 Å². The molecule has 2 fully saturated rings.